The van der Waals surface area contributed by atoms with Gasteiger partial charge in [-0.1, -0.05) is 18.2 Å². The highest BCUT2D eigenvalue weighted by Crippen LogP contribution is 2.40. The molecule has 0 bridgehead atoms. The van der Waals surface area contributed by atoms with E-state index in [1.807, 2.05) is 18.2 Å². The van der Waals surface area contributed by atoms with Gasteiger partial charge in [-0.3, -0.25) is 4.79 Å². The van der Waals surface area contributed by atoms with E-state index >= 15 is 0 Å². The van der Waals surface area contributed by atoms with Crippen LogP contribution in [0.15, 0.2) is 29.3 Å². The Morgan fingerprint density at radius 2 is 2.14 bits per heavy atom. The summed E-state index contributed by atoms with van der Waals surface area (Å²) in [5.41, 5.74) is 3.05. The Morgan fingerprint density at radius 1 is 1.29 bits per heavy atom. The molecule has 1 unspecified atom stereocenters. The van der Waals surface area contributed by atoms with Crippen molar-refractivity contribution >= 4 is 17.2 Å². The Hall–Kier alpha value is -1.44. The Balaban J connectivity index is 2.13. The monoisotopic (exact) mass is 185 g/mol. The van der Waals surface area contributed by atoms with Crippen LogP contribution in [0.1, 0.15) is 30.7 Å². The molecule has 0 saturated heterocycles. The molecule has 1 heterocycles. The highest BCUT2D eigenvalue weighted by atomic mass is 16.1. The molecule has 0 aromatic heterocycles. The number of carbonyl (C=O) groups excluding carboxylic acids is 1. The van der Waals surface area contributed by atoms with Crippen molar-refractivity contribution in [2.45, 2.75) is 25.2 Å². The van der Waals surface area contributed by atoms with E-state index in [2.05, 4.69) is 11.1 Å². The maximum absolute atomic E-state index is 11.6. The van der Waals surface area contributed by atoms with Gasteiger partial charge in [0, 0.05) is 12.3 Å². The van der Waals surface area contributed by atoms with Crippen molar-refractivity contribution < 1.29 is 4.79 Å². The first kappa shape index (κ1) is 7.92. The second kappa shape index (κ2) is 2.77. The van der Waals surface area contributed by atoms with Crippen molar-refractivity contribution in [2.75, 3.05) is 0 Å². The predicted molar refractivity (Wildman–Crippen MR) is 55.1 cm³/mol. The predicted octanol–water partition coefficient (Wildman–Crippen LogP) is 2.61. The summed E-state index contributed by atoms with van der Waals surface area (Å²) in [6, 6.07) is 8.09. The van der Waals surface area contributed by atoms with Crippen LogP contribution >= 0.6 is 0 Å². The average molecular weight is 185 g/mol. The van der Waals surface area contributed by atoms with E-state index < -0.39 is 0 Å². The standard InChI is InChI=1S/C12H11NO/c14-11-7-3-5-9-8-4-1-2-6-10(8)13-12(9)11/h1-2,4,6,9H,3,5,7H2. The molecule has 70 valence electrons. The van der Waals surface area contributed by atoms with Crippen LogP contribution in [0.4, 0.5) is 5.69 Å². The lowest BCUT2D eigenvalue weighted by Crippen LogP contribution is -2.24. The van der Waals surface area contributed by atoms with Crippen LogP contribution in [-0.2, 0) is 4.79 Å². The highest BCUT2D eigenvalue weighted by molar-refractivity contribution is 6.44. The largest absolute Gasteiger partial charge is 0.293 e. The van der Waals surface area contributed by atoms with E-state index in [9.17, 15) is 4.79 Å². The van der Waals surface area contributed by atoms with Gasteiger partial charge in [-0.2, -0.15) is 0 Å². The van der Waals surface area contributed by atoms with Crippen molar-refractivity contribution in [1.29, 1.82) is 0 Å². The minimum Gasteiger partial charge on any atom is -0.293 e. The fourth-order valence-electron chi connectivity index (χ4n) is 2.38. The van der Waals surface area contributed by atoms with E-state index in [4.69, 9.17) is 0 Å². The SMILES string of the molecule is O=C1CCCC2C1=Nc1ccccc12. The van der Waals surface area contributed by atoms with Gasteiger partial charge in [0.25, 0.3) is 0 Å². The summed E-state index contributed by atoms with van der Waals surface area (Å²) in [6.07, 6.45) is 2.78. The number of para-hydroxylation sites is 1. The van der Waals surface area contributed by atoms with E-state index in [1.165, 1.54) is 5.56 Å². The number of fused-ring (bicyclic) bond motifs is 3. The minimum absolute atomic E-state index is 0.248. The number of Topliss-reactive ketones (excluding diaryl/α,β-unsaturated/α-hetero) is 1. The van der Waals surface area contributed by atoms with Crippen LogP contribution < -0.4 is 0 Å². The Bertz CT molecular complexity index is 434. The third kappa shape index (κ3) is 0.969. The first-order chi connectivity index (χ1) is 6.86. The van der Waals surface area contributed by atoms with Crippen LogP contribution in [-0.4, -0.2) is 11.5 Å². The molecule has 3 rings (SSSR count). The molecule has 1 aliphatic carbocycles. The number of aliphatic imine (C=N–C) groups is 1. The molecule has 2 nitrogen and oxygen atoms in total. The Morgan fingerprint density at radius 3 is 3.07 bits per heavy atom. The van der Waals surface area contributed by atoms with Gasteiger partial charge in [0.2, 0.25) is 0 Å². The lowest BCUT2D eigenvalue weighted by Gasteiger charge is -2.18. The molecule has 0 radical (unpaired) electrons. The molecular formula is C12H11NO. The van der Waals surface area contributed by atoms with Crippen molar-refractivity contribution in [3.8, 4) is 0 Å². The molecule has 1 fully saturated rings. The van der Waals surface area contributed by atoms with Gasteiger partial charge >= 0.3 is 0 Å². The zero-order chi connectivity index (χ0) is 9.54. The molecular weight excluding hydrogens is 174 g/mol. The fourth-order valence-corrected chi connectivity index (χ4v) is 2.38. The third-order valence-corrected chi connectivity index (χ3v) is 3.07. The first-order valence-electron chi connectivity index (χ1n) is 5.07. The van der Waals surface area contributed by atoms with Crippen LogP contribution in [0, 0.1) is 0 Å². The number of carbonyl (C=O) groups is 1. The molecule has 1 atom stereocenters. The summed E-state index contributed by atoms with van der Waals surface area (Å²) >= 11 is 0. The number of rotatable bonds is 0. The summed E-state index contributed by atoms with van der Waals surface area (Å²) in [5.74, 6) is 0.546. The van der Waals surface area contributed by atoms with E-state index in [0.29, 0.717) is 12.3 Å². The van der Waals surface area contributed by atoms with Gasteiger partial charge in [0.15, 0.2) is 5.78 Å². The van der Waals surface area contributed by atoms with E-state index in [-0.39, 0.29) is 5.78 Å². The summed E-state index contributed by atoms with van der Waals surface area (Å²) in [7, 11) is 0. The van der Waals surface area contributed by atoms with Crippen LogP contribution in [0.3, 0.4) is 0 Å². The summed E-state index contributed by atoms with van der Waals surface area (Å²) in [6.45, 7) is 0. The maximum Gasteiger partial charge on any atom is 0.177 e. The van der Waals surface area contributed by atoms with Crippen LogP contribution in [0.5, 0.6) is 0 Å². The van der Waals surface area contributed by atoms with E-state index in [0.717, 1.165) is 24.2 Å². The number of hydrogen-bond donors (Lipinski definition) is 0. The van der Waals surface area contributed by atoms with Gasteiger partial charge in [-0.25, -0.2) is 4.99 Å². The third-order valence-electron chi connectivity index (χ3n) is 3.07. The molecule has 0 spiro atoms. The lowest BCUT2D eigenvalue weighted by molar-refractivity contribution is -0.113. The summed E-state index contributed by atoms with van der Waals surface area (Å²) < 4.78 is 0. The number of benzene rings is 1. The van der Waals surface area contributed by atoms with Gasteiger partial charge in [0.1, 0.15) is 0 Å². The normalized spacial score (nSPS) is 24.1. The molecule has 0 amide bonds. The smallest absolute Gasteiger partial charge is 0.177 e. The summed E-state index contributed by atoms with van der Waals surface area (Å²) in [5, 5.41) is 0. The van der Waals surface area contributed by atoms with Crippen molar-refractivity contribution in [3.05, 3.63) is 29.8 Å². The van der Waals surface area contributed by atoms with Crippen molar-refractivity contribution in [3.63, 3.8) is 0 Å². The average Bonchev–Trinajstić information content (AvgIpc) is 2.59. The van der Waals surface area contributed by atoms with Gasteiger partial charge in [0.05, 0.1) is 11.4 Å². The van der Waals surface area contributed by atoms with Gasteiger partial charge < -0.3 is 0 Å². The lowest BCUT2D eigenvalue weighted by atomic mass is 9.83. The van der Waals surface area contributed by atoms with Crippen molar-refractivity contribution in [1.82, 2.24) is 0 Å². The number of ketones is 1. The molecule has 1 aromatic carbocycles. The molecule has 1 aromatic rings. The maximum atomic E-state index is 11.6. The number of nitrogens with zero attached hydrogens (tertiary/aromatic N) is 1. The second-order valence-electron chi connectivity index (χ2n) is 3.92. The van der Waals surface area contributed by atoms with Gasteiger partial charge in [-0.15, -0.1) is 0 Å². The highest BCUT2D eigenvalue weighted by Gasteiger charge is 2.33. The fraction of sp³-hybridized carbons (Fsp3) is 0.333. The molecule has 1 saturated carbocycles. The topological polar surface area (TPSA) is 29.4 Å². The zero-order valence-corrected chi connectivity index (χ0v) is 7.86. The molecule has 1 aliphatic heterocycles. The van der Waals surface area contributed by atoms with Gasteiger partial charge in [-0.05, 0) is 24.5 Å². The molecule has 0 N–H and O–H groups in total. The number of hydrogen-bond acceptors (Lipinski definition) is 2. The Kier molecular flexibility index (Phi) is 1.57. The van der Waals surface area contributed by atoms with Crippen LogP contribution in [0.25, 0.3) is 0 Å². The van der Waals surface area contributed by atoms with E-state index in [1.54, 1.807) is 0 Å². The zero-order valence-electron chi connectivity index (χ0n) is 7.86. The summed E-state index contributed by atoms with van der Waals surface area (Å²) in [4.78, 5) is 16.0. The van der Waals surface area contributed by atoms with Crippen molar-refractivity contribution in [2.24, 2.45) is 4.99 Å². The molecule has 14 heavy (non-hydrogen) atoms. The molecule has 2 heteroatoms. The first-order valence-corrected chi connectivity index (χ1v) is 5.07. The molecule has 2 aliphatic rings. The second-order valence-corrected chi connectivity index (χ2v) is 3.92. The quantitative estimate of drug-likeness (QED) is 0.611. The van der Waals surface area contributed by atoms with Crippen LogP contribution in [0.2, 0.25) is 0 Å². The minimum atomic E-state index is 0.248. The Labute approximate surface area is 82.7 Å².